The molecular weight excluding hydrogens is 242 g/mol. The summed E-state index contributed by atoms with van der Waals surface area (Å²) in [5, 5.41) is 11.9. The molecule has 0 spiro atoms. The Kier molecular flexibility index (Phi) is 4.20. The van der Waals surface area contributed by atoms with E-state index in [-0.39, 0.29) is 11.9 Å². The molecule has 0 saturated heterocycles. The topological polar surface area (TPSA) is 66.4 Å². The minimum absolute atomic E-state index is 0.0938. The lowest BCUT2D eigenvalue weighted by atomic mass is 10.0. The van der Waals surface area contributed by atoms with Crippen molar-refractivity contribution in [3.05, 3.63) is 35.4 Å². The Morgan fingerprint density at radius 3 is 2.84 bits per heavy atom. The van der Waals surface area contributed by atoms with Gasteiger partial charge in [-0.15, -0.1) is 0 Å². The molecule has 2 rings (SSSR count). The summed E-state index contributed by atoms with van der Waals surface area (Å²) in [5.74, 6) is -1.33. The Morgan fingerprint density at radius 2 is 2.16 bits per heavy atom. The third-order valence-corrected chi connectivity index (χ3v) is 3.63. The second kappa shape index (κ2) is 5.87. The minimum Gasteiger partial charge on any atom is -0.481 e. The molecule has 1 amide bonds. The van der Waals surface area contributed by atoms with Crippen LogP contribution in [0.2, 0.25) is 0 Å². The highest BCUT2D eigenvalue weighted by atomic mass is 16.4. The van der Waals surface area contributed by atoms with Crippen LogP contribution >= 0.6 is 0 Å². The summed E-state index contributed by atoms with van der Waals surface area (Å²) in [6.07, 6.45) is 2.60. The van der Waals surface area contributed by atoms with Gasteiger partial charge in [0.2, 0.25) is 5.91 Å². The monoisotopic (exact) mass is 261 g/mol. The molecule has 2 N–H and O–H groups in total. The maximum absolute atomic E-state index is 11.9. The highest BCUT2D eigenvalue weighted by molar-refractivity contribution is 5.80. The summed E-state index contributed by atoms with van der Waals surface area (Å²) in [6.45, 7) is 1.98. The lowest BCUT2D eigenvalue weighted by Crippen LogP contribution is -2.40. The first kappa shape index (κ1) is 13.6. The first-order valence-corrected chi connectivity index (χ1v) is 6.64. The molecule has 4 nitrogen and oxygen atoms in total. The minimum atomic E-state index is -0.807. The molecule has 1 aromatic carbocycles. The van der Waals surface area contributed by atoms with Gasteiger partial charge in [0, 0.05) is 6.04 Å². The predicted octanol–water partition coefficient (Wildman–Crippen LogP) is 1.91. The Balaban J connectivity index is 1.92. The van der Waals surface area contributed by atoms with Gasteiger partial charge in [0.1, 0.15) is 0 Å². The van der Waals surface area contributed by atoms with E-state index < -0.39 is 11.9 Å². The molecule has 1 aromatic rings. The molecular formula is C15H19NO3. The van der Waals surface area contributed by atoms with E-state index in [1.54, 1.807) is 0 Å². The van der Waals surface area contributed by atoms with E-state index in [1.165, 1.54) is 0 Å². The number of benzene rings is 1. The van der Waals surface area contributed by atoms with Gasteiger partial charge >= 0.3 is 5.97 Å². The van der Waals surface area contributed by atoms with E-state index >= 15 is 0 Å². The second-order valence-corrected chi connectivity index (χ2v) is 5.22. The van der Waals surface area contributed by atoms with Crippen molar-refractivity contribution in [1.82, 2.24) is 5.32 Å². The molecule has 0 aliphatic heterocycles. The van der Waals surface area contributed by atoms with Gasteiger partial charge in [-0.1, -0.05) is 36.2 Å². The summed E-state index contributed by atoms with van der Waals surface area (Å²) >= 11 is 0. The molecule has 4 heteroatoms. The van der Waals surface area contributed by atoms with Gasteiger partial charge in [-0.2, -0.15) is 0 Å². The molecule has 0 heterocycles. The number of nitrogens with one attached hydrogen (secondary N) is 1. The van der Waals surface area contributed by atoms with Gasteiger partial charge < -0.3 is 10.4 Å². The molecule has 0 radical (unpaired) electrons. The van der Waals surface area contributed by atoms with Crippen LogP contribution in [0.15, 0.2) is 24.3 Å². The fourth-order valence-electron chi connectivity index (χ4n) is 2.69. The van der Waals surface area contributed by atoms with Gasteiger partial charge in [0.15, 0.2) is 0 Å². The number of carbonyl (C=O) groups excluding carboxylic acids is 1. The van der Waals surface area contributed by atoms with Gasteiger partial charge in [-0.25, -0.2) is 0 Å². The highest BCUT2D eigenvalue weighted by Crippen LogP contribution is 2.25. The van der Waals surface area contributed by atoms with E-state index in [1.807, 2.05) is 31.2 Å². The zero-order valence-corrected chi connectivity index (χ0v) is 11.1. The summed E-state index contributed by atoms with van der Waals surface area (Å²) < 4.78 is 0. The van der Waals surface area contributed by atoms with Crippen LogP contribution in [0.25, 0.3) is 0 Å². The Morgan fingerprint density at radius 1 is 1.37 bits per heavy atom. The molecule has 19 heavy (non-hydrogen) atoms. The van der Waals surface area contributed by atoms with E-state index in [0.717, 1.165) is 24.0 Å². The van der Waals surface area contributed by atoms with Crippen molar-refractivity contribution in [2.75, 3.05) is 0 Å². The summed E-state index contributed by atoms with van der Waals surface area (Å²) in [7, 11) is 0. The SMILES string of the molecule is Cc1cccc(CC(=O)NC2CCCC2C(=O)O)c1. The average molecular weight is 261 g/mol. The Bertz CT molecular complexity index is 484. The fourth-order valence-corrected chi connectivity index (χ4v) is 2.69. The number of rotatable bonds is 4. The van der Waals surface area contributed by atoms with Crippen molar-refractivity contribution in [1.29, 1.82) is 0 Å². The number of hydrogen-bond acceptors (Lipinski definition) is 2. The van der Waals surface area contributed by atoms with E-state index in [2.05, 4.69) is 5.32 Å². The van der Waals surface area contributed by atoms with Crippen LogP contribution in [0, 0.1) is 12.8 Å². The Labute approximate surface area is 112 Å². The van der Waals surface area contributed by atoms with Gasteiger partial charge in [-0.05, 0) is 25.3 Å². The lowest BCUT2D eigenvalue weighted by Gasteiger charge is -2.17. The molecule has 0 bridgehead atoms. The lowest BCUT2D eigenvalue weighted by molar-refractivity contribution is -0.142. The van der Waals surface area contributed by atoms with Crippen LogP contribution < -0.4 is 5.32 Å². The van der Waals surface area contributed by atoms with Crippen LogP contribution in [-0.2, 0) is 16.0 Å². The van der Waals surface area contributed by atoms with Crippen molar-refractivity contribution in [2.24, 2.45) is 5.92 Å². The number of aliphatic carboxylic acids is 1. The van der Waals surface area contributed by atoms with Gasteiger partial charge in [-0.3, -0.25) is 9.59 Å². The first-order chi connectivity index (χ1) is 9.06. The number of carbonyl (C=O) groups is 2. The summed E-state index contributed by atoms with van der Waals surface area (Å²) in [4.78, 5) is 23.0. The van der Waals surface area contributed by atoms with E-state index in [9.17, 15) is 9.59 Å². The molecule has 102 valence electrons. The normalized spacial score (nSPS) is 22.2. The summed E-state index contributed by atoms with van der Waals surface area (Å²) in [6, 6.07) is 7.58. The molecule has 1 aliphatic rings. The number of hydrogen-bond donors (Lipinski definition) is 2. The molecule has 2 unspecified atom stereocenters. The average Bonchev–Trinajstić information content (AvgIpc) is 2.76. The number of amides is 1. The fraction of sp³-hybridized carbons (Fsp3) is 0.467. The van der Waals surface area contributed by atoms with Gasteiger partial charge in [0.05, 0.1) is 12.3 Å². The maximum Gasteiger partial charge on any atom is 0.308 e. The van der Waals surface area contributed by atoms with Crippen molar-refractivity contribution >= 4 is 11.9 Å². The van der Waals surface area contributed by atoms with Crippen LogP contribution in [0.4, 0.5) is 0 Å². The predicted molar refractivity (Wildman–Crippen MR) is 71.8 cm³/mol. The summed E-state index contributed by atoms with van der Waals surface area (Å²) in [5.41, 5.74) is 2.08. The molecule has 1 aliphatic carbocycles. The number of carboxylic acids is 1. The zero-order valence-electron chi connectivity index (χ0n) is 11.1. The van der Waals surface area contributed by atoms with E-state index in [0.29, 0.717) is 12.8 Å². The number of carboxylic acid groups (broad SMARTS) is 1. The third-order valence-electron chi connectivity index (χ3n) is 3.63. The third kappa shape index (κ3) is 3.56. The molecule has 2 atom stereocenters. The van der Waals surface area contributed by atoms with Crippen molar-refractivity contribution in [3.8, 4) is 0 Å². The number of aryl methyl sites for hydroxylation is 1. The largest absolute Gasteiger partial charge is 0.481 e. The smallest absolute Gasteiger partial charge is 0.308 e. The quantitative estimate of drug-likeness (QED) is 0.870. The van der Waals surface area contributed by atoms with Gasteiger partial charge in [0.25, 0.3) is 0 Å². The molecule has 0 aromatic heterocycles. The van der Waals surface area contributed by atoms with Crippen molar-refractivity contribution in [2.45, 2.75) is 38.6 Å². The van der Waals surface area contributed by atoms with E-state index in [4.69, 9.17) is 5.11 Å². The van der Waals surface area contributed by atoms with Crippen molar-refractivity contribution in [3.63, 3.8) is 0 Å². The molecule has 1 fully saturated rings. The van der Waals surface area contributed by atoms with Crippen molar-refractivity contribution < 1.29 is 14.7 Å². The van der Waals surface area contributed by atoms with Crippen LogP contribution in [0.5, 0.6) is 0 Å². The molecule has 1 saturated carbocycles. The standard InChI is InChI=1S/C15H19NO3/c1-10-4-2-5-11(8-10)9-14(17)16-13-7-3-6-12(13)15(18)19/h2,4-5,8,12-13H,3,6-7,9H2,1H3,(H,16,17)(H,18,19). The maximum atomic E-state index is 11.9. The Hall–Kier alpha value is -1.84. The second-order valence-electron chi connectivity index (χ2n) is 5.22. The first-order valence-electron chi connectivity index (χ1n) is 6.64. The zero-order chi connectivity index (χ0) is 13.8. The highest BCUT2D eigenvalue weighted by Gasteiger charge is 2.33. The van der Waals surface area contributed by atoms with Crippen LogP contribution in [0.3, 0.4) is 0 Å². The van der Waals surface area contributed by atoms with Crippen LogP contribution in [-0.4, -0.2) is 23.0 Å². The van der Waals surface area contributed by atoms with Crippen LogP contribution in [0.1, 0.15) is 30.4 Å².